The van der Waals surface area contributed by atoms with Crippen molar-refractivity contribution in [3.05, 3.63) is 40.2 Å². The van der Waals surface area contributed by atoms with Gasteiger partial charge in [-0.05, 0) is 24.3 Å². The van der Waals surface area contributed by atoms with Crippen molar-refractivity contribution in [3.8, 4) is 5.75 Å². The number of nitrogens with two attached hydrogens (primary N) is 1. The lowest BCUT2D eigenvalue weighted by molar-refractivity contribution is 0.0948. The van der Waals surface area contributed by atoms with Crippen LogP contribution in [0, 0.1) is 0 Å². The standard InChI is InChI=1S/C12H11N5O3/c1-20-7-4-2-6(3-5-7)12(19)17-9(13)8-10(16-17)14-15-11(8)18/h2-5H,13H2,1H3,(H,14,16)(H,15,18). The number of nitrogens with one attached hydrogen (secondary N) is 2. The van der Waals surface area contributed by atoms with Crippen LogP contribution in [0.4, 0.5) is 5.82 Å². The van der Waals surface area contributed by atoms with E-state index in [0.29, 0.717) is 11.3 Å². The van der Waals surface area contributed by atoms with Crippen LogP contribution in [-0.2, 0) is 0 Å². The molecule has 0 saturated heterocycles. The van der Waals surface area contributed by atoms with Crippen molar-refractivity contribution in [2.24, 2.45) is 0 Å². The lowest BCUT2D eigenvalue weighted by Crippen LogP contribution is -2.17. The summed E-state index contributed by atoms with van der Waals surface area (Å²) in [5.74, 6) is 0.219. The number of carbonyl (C=O) groups excluding carboxylic acids is 1. The molecule has 0 radical (unpaired) electrons. The van der Waals surface area contributed by atoms with Crippen LogP contribution in [0.15, 0.2) is 29.1 Å². The monoisotopic (exact) mass is 273 g/mol. The Labute approximate surface area is 112 Å². The van der Waals surface area contributed by atoms with Gasteiger partial charge in [-0.25, -0.2) is 0 Å². The van der Waals surface area contributed by atoms with E-state index in [9.17, 15) is 9.59 Å². The van der Waals surface area contributed by atoms with E-state index < -0.39 is 11.5 Å². The Morgan fingerprint density at radius 2 is 2.00 bits per heavy atom. The Morgan fingerprint density at radius 1 is 1.30 bits per heavy atom. The van der Waals surface area contributed by atoms with Gasteiger partial charge < -0.3 is 10.5 Å². The van der Waals surface area contributed by atoms with Gasteiger partial charge in [0.1, 0.15) is 17.0 Å². The third-order valence-electron chi connectivity index (χ3n) is 2.97. The Morgan fingerprint density at radius 3 is 2.60 bits per heavy atom. The number of H-pyrrole nitrogens is 2. The van der Waals surface area contributed by atoms with E-state index in [1.165, 1.54) is 7.11 Å². The molecule has 0 atom stereocenters. The quantitative estimate of drug-likeness (QED) is 0.621. The highest BCUT2D eigenvalue weighted by atomic mass is 16.5. The Hall–Kier alpha value is -3.03. The van der Waals surface area contributed by atoms with Gasteiger partial charge in [0.2, 0.25) is 0 Å². The highest BCUT2D eigenvalue weighted by Gasteiger charge is 2.19. The van der Waals surface area contributed by atoms with Gasteiger partial charge in [0.05, 0.1) is 7.11 Å². The number of rotatable bonds is 2. The number of hydrogen-bond donors (Lipinski definition) is 3. The van der Waals surface area contributed by atoms with Crippen LogP contribution in [0.3, 0.4) is 0 Å². The van der Waals surface area contributed by atoms with Crippen molar-refractivity contribution in [2.45, 2.75) is 0 Å². The second-order valence-corrected chi connectivity index (χ2v) is 4.13. The minimum absolute atomic E-state index is 0.00307. The summed E-state index contributed by atoms with van der Waals surface area (Å²) in [6.45, 7) is 0. The zero-order valence-electron chi connectivity index (χ0n) is 10.5. The number of nitrogen functional groups attached to an aromatic ring is 1. The number of aromatic nitrogens is 4. The molecule has 0 unspecified atom stereocenters. The molecule has 0 fully saturated rings. The molecule has 3 rings (SSSR count). The van der Waals surface area contributed by atoms with E-state index in [4.69, 9.17) is 10.5 Å². The summed E-state index contributed by atoms with van der Waals surface area (Å²) in [6, 6.07) is 6.51. The van der Waals surface area contributed by atoms with E-state index >= 15 is 0 Å². The number of nitrogens with zero attached hydrogens (tertiary/aromatic N) is 2. The number of fused-ring (bicyclic) bond motifs is 1. The first kappa shape index (κ1) is 12.0. The number of hydrogen-bond acceptors (Lipinski definition) is 5. The molecule has 20 heavy (non-hydrogen) atoms. The summed E-state index contributed by atoms with van der Waals surface area (Å²) in [4.78, 5) is 23.8. The third kappa shape index (κ3) is 1.66. The summed E-state index contributed by atoms with van der Waals surface area (Å²) >= 11 is 0. The smallest absolute Gasteiger partial charge is 0.280 e. The normalized spacial score (nSPS) is 10.8. The molecular weight excluding hydrogens is 262 g/mol. The number of anilines is 1. The van der Waals surface area contributed by atoms with Crippen LogP contribution in [0.1, 0.15) is 10.4 Å². The molecule has 3 aromatic rings. The van der Waals surface area contributed by atoms with Crippen LogP contribution in [0.25, 0.3) is 11.0 Å². The van der Waals surface area contributed by atoms with Gasteiger partial charge in [-0.15, -0.1) is 5.10 Å². The zero-order valence-corrected chi connectivity index (χ0v) is 10.5. The summed E-state index contributed by atoms with van der Waals surface area (Å²) in [7, 11) is 1.54. The van der Waals surface area contributed by atoms with Crippen molar-refractivity contribution in [2.75, 3.05) is 12.8 Å². The predicted octanol–water partition coefficient (Wildman–Crippen LogP) is 0.332. The minimum Gasteiger partial charge on any atom is -0.497 e. The molecule has 1 aromatic carbocycles. The van der Waals surface area contributed by atoms with Crippen LogP contribution < -0.4 is 16.0 Å². The predicted molar refractivity (Wildman–Crippen MR) is 71.8 cm³/mol. The lowest BCUT2D eigenvalue weighted by atomic mass is 10.2. The topological polar surface area (TPSA) is 119 Å². The van der Waals surface area contributed by atoms with Crippen molar-refractivity contribution in [3.63, 3.8) is 0 Å². The summed E-state index contributed by atoms with van der Waals surface area (Å²) in [6.07, 6.45) is 0. The van der Waals surface area contributed by atoms with Gasteiger partial charge in [0.15, 0.2) is 5.65 Å². The average molecular weight is 273 g/mol. The van der Waals surface area contributed by atoms with Crippen LogP contribution in [-0.4, -0.2) is 33.0 Å². The molecular formula is C12H11N5O3. The van der Waals surface area contributed by atoms with E-state index in [1.807, 2.05) is 0 Å². The van der Waals surface area contributed by atoms with E-state index in [1.54, 1.807) is 24.3 Å². The summed E-state index contributed by atoms with van der Waals surface area (Å²) < 4.78 is 6.02. The second kappa shape index (κ2) is 4.26. The minimum atomic E-state index is -0.422. The maximum Gasteiger partial charge on any atom is 0.280 e. The van der Waals surface area contributed by atoms with E-state index in [0.717, 1.165) is 4.68 Å². The molecule has 8 heteroatoms. The molecule has 2 aromatic heterocycles. The molecule has 0 bridgehead atoms. The summed E-state index contributed by atoms with van der Waals surface area (Å²) in [5, 5.41) is 9.06. The maximum absolute atomic E-state index is 12.3. The van der Waals surface area contributed by atoms with E-state index in [2.05, 4.69) is 15.3 Å². The van der Waals surface area contributed by atoms with Gasteiger partial charge in [0, 0.05) is 5.56 Å². The number of benzene rings is 1. The number of carbonyl (C=O) groups is 1. The van der Waals surface area contributed by atoms with Gasteiger partial charge in [0.25, 0.3) is 11.5 Å². The largest absolute Gasteiger partial charge is 0.497 e. The highest BCUT2D eigenvalue weighted by Crippen LogP contribution is 2.17. The second-order valence-electron chi connectivity index (χ2n) is 4.13. The first-order valence-corrected chi connectivity index (χ1v) is 5.75. The fourth-order valence-electron chi connectivity index (χ4n) is 1.93. The first-order chi connectivity index (χ1) is 9.61. The fourth-order valence-corrected chi connectivity index (χ4v) is 1.93. The molecule has 4 N–H and O–H groups in total. The van der Waals surface area contributed by atoms with Crippen LogP contribution in [0.5, 0.6) is 5.75 Å². The molecule has 0 spiro atoms. The number of ether oxygens (including phenoxy) is 1. The third-order valence-corrected chi connectivity index (χ3v) is 2.97. The average Bonchev–Trinajstić information content (AvgIpc) is 3.00. The highest BCUT2D eigenvalue weighted by molar-refractivity contribution is 6.01. The van der Waals surface area contributed by atoms with Gasteiger partial charge in [-0.2, -0.15) is 4.68 Å². The van der Waals surface area contributed by atoms with Crippen molar-refractivity contribution in [1.29, 1.82) is 0 Å². The van der Waals surface area contributed by atoms with Crippen molar-refractivity contribution in [1.82, 2.24) is 20.0 Å². The van der Waals surface area contributed by atoms with E-state index in [-0.39, 0.29) is 16.9 Å². The number of methoxy groups -OCH3 is 1. The fraction of sp³-hybridized carbons (Fsp3) is 0.0833. The lowest BCUT2D eigenvalue weighted by Gasteiger charge is -2.04. The molecule has 0 aliphatic carbocycles. The molecule has 2 heterocycles. The SMILES string of the molecule is COc1ccc(C(=O)n2nc3[nH][nH]c(=O)c3c2N)cc1. The molecule has 0 saturated carbocycles. The van der Waals surface area contributed by atoms with Crippen LogP contribution >= 0.6 is 0 Å². The number of aromatic amines is 2. The zero-order chi connectivity index (χ0) is 14.3. The molecule has 0 aliphatic rings. The Kier molecular flexibility index (Phi) is 2.56. The first-order valence-electron chi connectivity index (χ1n) is 5.75. The molecule has 8 nitrogen and oxygen atoms in total. The van der Waals surface area contributed by atoms with Gasteiger partial charge in [-0.3, -0.25) is 19.8 Å². The van der Waals surface area contributed by atoms with Crippen LogP contribution in [0.2, 0.25) is 0 Å². The molecule has 0 aliphatic heterocycles. The molecule has 0 amide bonds. The van der Waals surface area contributed by atoms with Gasteiger partial charge >= 0.3 is 0 Å². The van der Waals surface area contributed by atoms with Gasteiger partial charge in [-0.1, -0.05) is 0 Å². The maximum atomic E-state index is 12.3. The summed E-state index contributed by atoms with van der Waals surface area (Å²) in [5.41, 5.74) is 6.02. The van der Waals surface area contributed by atoms with Crippen molar-refractivity contribution >= 4 is 22.8 Å². The molecule has 102 valence electrons. The Balaban J connectivity index is 2.07. The van der Waals surface area contributed by atoms with Crippen molar-refractivity contribution < 1.29 is 9.53 Å². The Bertz CT molecular complexity index is 840.